The van der Waals surface area contributed by atoms with Gasteiger partial charge in [-0.3, -0.25) is 9.59 Å². The van der Waals surface area contributed by atoms with Gasteiger partial charge in [0.25, 0.3) is 5.91 Å². The fourth-order valence-electron chi connectivity index (χ4n) is 3.41. The van der Waals surface area contributed by atoms with E-state index < -0.39 is 6.04 Å². The van der Waals surface area contributed by atoms with Crippen LogP contribution in [0.25, 0.3) is 0 Å². The average Bonchev–Trinajstić information content (AvgIpc) is 3.17. The Morgan fingerprint density at radius 2 is 2.07 bits per heavy atom. The first-order valence-corrected chi connectivity index (χ1v) is 9.95. The smallest absolute Gasteiger partial charge is 0.258 e. The predicted molar refractivity (Wildman–Crippen MR) is 114 cm³/mol. The van der Waals surface area contributed by atoms with E-state index in [0.29, 0.717) is 29.4 Å². The molecule has 0 saturated heterocycles. The van der Waals surface area contributed by atoms with Gasteiger partial charge in [0.2, 0.25) is 5.91 Å². The lowest BCUT2D eigenvalue weighted by molar-refractivity contribution is -0.123. The molecule has 2 amide bonds. The Kier molecular flexibility index (Phi) is 5.72. The minimum atomic E-state index is -0.433. The highest BCUT2D eigenvalue weighted by molar-refractivity contribution is 6.30. The van der Waals surface area contributed by atoms with Crippen molar-refractivity contribution in [1.82, 2.24) is 14.9 Å². The van der Waals surface area contributed by atoms with Crippen molar-refractivity contribution >= 4 is 29.1 Å². The SMILES string of the molecule is Cn1ccnc1[C@H](NC(=O)COc1ccc2c(c1)CCC(=O)N2)c1ccc(Cl)cc1. The molecular formula is C22H21ClN4O3. The number of nitrogens with zero attached hydrogens (tertiary/aromatic N) is 2. The quantitative estimate of drug-likeness (QED) is 0.636. The third-order valence-corrected chi connectivity index (χ3v) is 5.22. The molecular weight excluding hydrogens is 404 g/mol. The Hall–Kier alpha value is -3.32. The number of halogens is 1. The normalized spacial score (nSPS) is 13.9. The van der Waals surface area contributed by atoms with Gasteiger partial charge in [0.1, 0.15) is 17.6 Å². The summed E-state index contributed by atoms with van der Waals surface area (Å²) in [5.74, 6) is 1.03. The van der Waals surface area contributed by atoms with E-state index in [1.165, 1.54) is 0 Å². The lowest BCUT2D eigenvalue weighted by Gasteiger charge is -2.20. The van der Waals surface area contributed by atoms with Gasteiger partial charge in [0.15, 0.2) is 6.61 Å². The lowest BCUT2D eigenvalue weighted by atomic mass is 10.0. The van der Waals surface area contributed by atoms with E-state index in [-0.39, 0.29) is 18.4 Å². The first-order chi connectivity index (χ1) is 14.5. The van der Waals surface area contributed by atoms with E-state index in [4.69, 9.17) is 16.3 Å². The summed E-state index contributed by atoms with van der Waals surface area (Å²) in [5.41, 5.74) is 2.66. The molecule has 1 aromatic heterocycles. The molecule has 30 heavy (non-hydrogen) atoms. The maximum atomic E-state index is 12.6. The van der Waals surface area contributed by atoms with E-state index in [0.717, 1.165) is 16.8 Å². The Bertz CT molecular complexity index is 1080. The van der Waals surface area contributed by atoms with Crippen LogP contribution in [0.15, 0.2) is 54.9 Å². The van der Waals surface area contributed by atoms with Crippen molar-refractivity contribution in [2.45, 2.75) is 18.9 Å². The van der Waals surface area contributed by atoms with Crippen molar-refractivity contribution in [3.63, 3.8) is 0 Å². The van der Waals surface area contributed by atoms with Crippen LogP contribution < -0.4 is 15.4 Å². The number of carbonyl (C=O) groups is 2. The molecule has 2 heterocycles. The third-order valence-electron chi connectivity index (χ3n) is 4.97. The Labute approximate surface area is 179 Å². The highest BCUT2D eigenvalue weighted by Gasteiger charge is 2.21. The molecule has 1 aliphatic heterocycles. The second-order valence-electron chi connectivity index (χ2n) is 7.10. The molecule has 2 N–H and O–H groups in total. The maximum absolute atomic E-state index is 12.6. The van der Waals surface area contributed by atoms with Gasteiger partial charge < -0.3 is 19.9 Å². The van der Waals surface area contributed by atoms with Crippen molar-refractivity contribution in [3.05, 3.63) is 76.8 Å². The minimum absolute atomic E-state index is 0.0121. The number of fused-ring (bicyclic) bond motifs is 1. The Morgan fingerprint density at radius 3 is 2.80 bits per heavy atom. The zero-order valence-corrected chi connectivity index (χ0v) is 17.1. The van der Waals surface area contributed by atoms with Gasteiger partial charge in [-0.05, 0) is 47.9 Å². The van der Waals surface area contributed by atoms with Crippen molar-refractivity contribution in [1.29, 1.82) is 0 Å². The van der Waals surface area contributed by atoms with Crippen molar-refractivity contribution in [2.75, 3.05) is 11.9 Å². The molecule has 0 radical (unpaired) electrons. The fourth-order valence-corrected chi connectivity index (χ4v) is 3.53. The molecule has 0 fully saturated rings. The Balaban J connectivity index is 1.45. The number of imidazole rings is 1. The summed E-state index contributed by atoms with van der Waals surface area (Å²) < 4.78 is 7.55. The minimum Gasteiger partial charge on any atom is -0.484 e. The van der Waals surface area contributed by atoms with Gasteiger partial charge in [0.05, 0.1) is 0 Å². The average molecular weight is 425 g/mol. The first kappa shape index (κ1) is 20.0. The number of hydrogen-bond acceptors (Lipinski definition) is 4. The molecule has 4 rings (SSSR count). The number of ether oxygens (including phenoxy) is 1. The predicted octanol–water partition coefficient (Wildman–Crippen LogP) is 3.24. The summed E-state index contributed by atoms with van der Waals surface area (Å²) in [6.07, 6.45) is 4.62. The number of hydrogen-bond donors (Lipinski definition) is 2. The van der Waals surface area contributed by atoms with E-state index in [1.54, 1.807) is 30.5 Å². The zero-order chi connectivity index (χ0) is 21.1. The number of aryl methyl sites for hydroxylation is 2. The topological polar surface area (TPSA) is 85.2 Å². The second kappa shape index (κ2) is 8.59. The monoisotopic (exact) mass is 424 g/mol. The zero-order valence-electron chi connectivity index (χ0n) is 16.4. The molecule has 0 aliphatic carbocycles. The molecule has 0 bridgehead atoms. The van der Waals surface area contributed by atoms with Crippen molar-refractivity contribution < 1.29 is 14.3 Å². The summed E-state index contributed by atoms with van der Waals surface area (Å²) in [4.78, 5) is 28.5. The van der Waals surface area contributed by atoms with Gasteiger partial charge in [0, 0.05) is 36.6 Å². The van der Waals surface area contributed by atoms with Gasteiger partial charge in [-0.15, -0.1) is 0 Å². The van der Waals surface area contributed by atoms with Crippen LogP contribution in [-0.2, 0) is 23.1 Å². The third kappa shape index (κ3) is 4.46. The highest BCUT2D eigenvalue weighted by atomic mass is 35.5. The number of carbonyl (C=O) groups excluding carboxylic acids is 2. The molecule has 0 spiro atoms. The first-order valence-electron chi connectivity index (χ1n) is 9.57. The van der Waals surface area contributed by atoms with Gasteiger partial charge in [-0.25, -0.2) is 4.98 Å². The summed E-state index contributed by atoms with van der Waals surface area (Å²) in [6, 6.07) is 12.2. The van der Waals surface area contributed by atoms with Crippen LogP contribution in [-0.4, -0.2) is 28.0 Å². The van der Waals surface area contributed by atoms with E-state index in [9.17, 15) is 9.59 Å². The molecule has 8 heteroatoms. The van der Waals surface area contributed by atoms with Crippen LogP contribution in [0.2, 0.25) is 5.02 Å². The van der Waals surface area contributed by atoms with Gasteiger partial charge in [-0.1, -0.05) is 23.7 Å². The Morgan fingerprint density at radius 1 is 1.27 bits per heavy atom. The number of anilines is 1. The molecule has 1 aliphatic rings. The summed E-state index contributed by atoms with van der Waals surface area (Å²) in [7, 11) is 1.87. The number of nitrogens with one attached hydrogen (secondary N) is 2. The van der Waals surface area contributed by atoms with E-state index in [2.05, 4.69) is 15.6 Å². The molecule has 2 aromatic carbocycles. The van der Waals surface area contributed by atoms with Gasteiger partial charge >= 0.3 is 0 Å². The van der Waals surface area contributed by atoms with Crippen LogP contribution in [0.4, 0.5) is 5.69 Å². The lowest BCUT2D eigenvalue weighted by Crippen LogP contribution is -2.34. The van der Waals surface area contributed by atoms with E-state index >= 15 is 0 Å². The van der Waals surface area contributed by atoms with E-state index in [1.807, 2.05) is 36.0 Å². The number of benzene rings is 2. The molecule has 0 saturated carbocycles. The fraction of sp³-hybridized carbons (Fsp3) is 0.227. The molecule has 1 atom stereocenters. The van der Waals surface area contributed by atoms with Crippen LogP contribution in [0, 0.1) is 0 Å². The largest absolute Gasteiger partial charge is 0.484 e. The van der Waals surface area contributed by atoms with Crippen LogP contribution in [0.1, 0.15) is 29.4 Å². The summed E-state index contributed by atoms with van der Waals surface area (Å²) in [6.45, 7) is -0.139. The molecule has 7 nitrogen and oxygen atoms in total. The molecule has 0 unspecified atom stereocenters. The van der Waals surface area contributed by atoms with Gasteiger partial charge in [-0.2, -0.15) is 0 Å². The van der Waals surface area contributed by atoms with Crippen molar-refractivity contribution in [2.24, 2.45) is 7.05 Å². The molecule has 3 aromatic rings. The second-order valence-corrected chi connectivity index (χ2v) is 7.54. The van der Waals surface area contributed by atoms with Crippen LogP contribution in [0.3, 0.4) is 0 Å². The number of aromatic nitrogens is 2. The van der Waals surface area contributed by atoms with Crippen molar-refractivity contribution in [3.8, 4) is 5.75 Å². The summed E-state index contributed by atoms with van der Waals surface area (Å²) in [5, 5.41) is 6.44. The standard InChI is InChI=1S/C22H21ClN4O3/c1-27-11-10-24-22(27)21(14-2-5-16(23)6-3-14)26-20(29)13-30-17-7-8-18-15(12-17)4-9-19(28)25-18/h2-3,5-8,10-12,21H,4,9,13H2,1H3,(H,25,28)(H,26,29)/t21-/m1/s1. The highest BCUT2D eigenvalue weighted by Crippen LogP contribution is 2.27. The number of amides is 2. The maximum Gasteiger partial charge on any atom is 0.258 e. The molecule has 154 valence electrons. The van der Waals surface area contributed by atoms with Crippen LogP contribution in [0.5, 0.6) is 5.75 Å². The number of rotatable bonds is 6. The summed E-state index contributed by atoms with van der Waals surface area (Å²) >= 11 is 6.00. The van der Waals surface area contributed by atoms with Crippen LogP contribution >= 0.6 is 11.6 Å².